The molecule has 2 rings (SSSR count). The highest BCUT2D eigenvalue weighted by Gasteiger charge is 2.31. The standard InChI is InChI=1S/C16H24.C2H6.2CH4/c1-5-11(2)16-10-12(3)13(4)14-8-6-7-9-15(14)16;1-2;;/h6-9,11-13,16H,5,10H2,1-4H3;1-2H3;2*1H4. The fraction of sp³-hybridized carbons (Fsp3) is 0.700. The summed E-state index contributed by atoms with van der Waals surface area (Å²) < 4.78 is 0. The topological polar surface area (TPSA) is 0 Å². The summed E-state index contributed by atoms with van der Waals surface area (Å²) in [6.07, 6.45) is 2.66. The van der Waals surface area contributed by atoms with Gasteiger partial charge in [0.1, 0.15) is 0 Å². The lowest BCUT2D eigenvalue weighted by Crippen LogP contribution is -2.23. The predicted molar refractivity (Wildman–Crippen MR) is 95.6 cm³/mol. The highest BCUT2D eigenvalue weighted by atomic mass is 14.4. The van der Waals surface area contributed by atoms with Gasteiger partial charge in [-0.15, -0.1) is 0 Å². The van der Waals surface area contributed by atoms with Crippen LogP contribution in [0.4, 0.5) is 0 Å². The SMILES string of the molecule is C.C.CC.CCC(C)C1CC(C)C(C)c2ccccc21. The van der Waals surface area contributed by atoms with Crippen molar-refractivity contribution in [3.05, 3.63) is 35.4 Å². The van der Waals surface area contributed by atoms with Crippen LogP contribution in [0.15, 0.2) is 24.3 Å². The first-order chi connectivity index (χ1) is 8.65. The van der Waals surface area contributed by atoms with Crippen molar-refractivity contribution in [2.45, 2.75) is 81.1 Å². The molecule has 4 unspecified atom stereocenters. The van der Waals surface area contributed by atoms with Gasteiger partial charge in [0.15, 0.2) is 0 Å². The molecule has 1 aliphatic rings. The first kappa shape index (κ1) is 21.5. The number of rotatable bonds is 2. The Labute approximate surface area is 129 Å². The van der Waals surface area contributed by atoms with Gasteiger partial charge < -0.3 is 0 Å². The molecule has 0 spiro atoms. The molecule has 20 heavy (non-hydrogen) atoms. The van der Waals surface area contributed by atoms with Crippen molar-refractivity contribution in [3.63, 3.8) is 0 Å². The molecule has 0 amide bonds. The van der Waals surface area contributed by atoms with E-state index >= 15 is 0 Å². The Morgan fingerprint density at radius 1 is 1.05 bits per heavy atom. The van der Waals surface area contributed by atoms with Crippen molar-refractivity contribution < 1.29 is 0 Å². The highest BCUT2D eigenvalue weighted by Crippen LogP contribution is 2.45. The van der Waals surface area contributed by atoms with E-state index in [2.05, 4.69) is 52.0 Å². The molecule has 0 aliphatic heterocycles. The molecule has 1 aromatic carbocycles. The molecule has 0 nitrogen and oxygen atoms in total. The van der Waals surface area contributed by atoms with Crippen LogP contribution in [0.25, 0.3) is 0 Å². The molecule has 0 heteroatoms. The van der Waals surface area contributed by atoms with Crippen LogP contribution >= 0.6 is 0 Å². The Balaban J connectivity index is 0. The van der Waals surface area contributed by atoms with Crippen LogP contribution in [0.1, 0.15) is 92.2 Å². The van der Waals surface area contributed by atoms with Gasteiger partial charge in [0, 0.05) is 0 Å². The summed E-state index contributed by atoms with van der Waals surface area (Å²) in [7, 11) is 0. The van der Waals surface area contributed by atoms with E-state index in [4.69, 9.17) is 0 Å². The van der Waals surface area contributed by atoms with E-state index in [0.29, 0.717) is 0 Å². The summed E-state index contributed by atoms with van der Waals surface area (Å²) >= 11 is 0. The van der Waals surface area contributed by atoms with Crippen molar-refractivity contribution in [2.75, 3.05) is 0 Å². The summed E-state index contributed by atoms with van der Waals surface area (Å²) in [6, 6.07) is 9.09. The molecule has 0 fully saturated rings. The monoisotopic (exact) mass is 278 g/mol. The third-order valence-corrected chi connectivity index (χ3v) is 4.70. The first-order valence-corrected chi connectivity index (χ1v) is 7.74. The van der Waals surface area contributed by atoms with Crippen LogP contribution in [-0.2, 0) is 0 Å². The predicted octanol–water partition coefficient (Wildman–Crippen LogP) is 7.26. The van der Waals surface area contributed by atoms with Crippen LogP contribution in [0.3, 0.4) is 0 Å². The molecule has 4 atom stereocenters. The van der Waals surface area contributed by atoms with Gasteiger partial charge in [-0.1, -0.05) is 87.1 Å². The summed E-state index contributed by atoms with van der Waals surface area (Å²) in [6.45, 7) is 13.5. The molecule has 0 aromatic heterocycles. The van der Waals surface area contributed by atoms with E-state index in [1.54, 1.807) is 11.1 Å². The average molecular weight is 279 g/mol. The highest BCUT2D eigenvalue weighted by molar-refractivity contribution is 5.36. The summed E-state index contributed by atoms with van der Waals surface area (Å²) in [5.74, 6) is 3.16. The molecule has 0 radical (unpaired) electrons. The van der Waals surface area contributed by atoms with Gasteiger partial charge in [-0.2, -0.15) is 0 Å². The third-order valence-electron chi connectivity index (χ3n) is 4.70. The number of benzene rings is 1. The van der Waals surface area contributed by atoms with Gasteiger partial charge >= 0.3 is 0 Å². The van der Waals surface area contributed by atoms with Gasteiger partial charge in [0.25, 0.3) is 0 Å². The second-order valence-electron chi connectivity index (χ2n) is 5.62. The Kier molecular flexibility index (Phi) is 10.8. The second-order valence-corrected chi connectivity index (χ2v) is 5.62. The molecule has 1 aliphatic carbocycles. The van der Waals surface area contributed by atoms with Crippen LogP contribution in [0.2, 0.25) is 0 Å². The van der Waals surface area contributed by atoms with E-state index in [0.717, 1.165) is 23.7 Å². The van der Waals surface area contributed by atoms with Crippen LogP contribution in [-0.4, -0.2) is 0 Å². The van der Waals surface area contributed by atoms with Crippen LogP contribution < -0.4 is 0 Å². The van der Waals surface area contributed by atoms with Crippen LogP contribution in [0.5, 0.6) is 0 Å². The minimum absolute atomic E-state index is 0. The number of hydrogen-bond acceptors (Lipinski definition) is 0. The Morgan fingerprint density at radius 2 is 1.55 bits per heavy atom. The Bertz CT molecular complexity index is 353. The molecule has 118 valence electrons. The van der Waals surface area contributed by atoms with Gasteiger partial charge in [-0.3, -0.25) is 0 Å². The second kappa shape index (κ2) is 10.0. The maximum Gasteiger partial charge on any atom is -0.0131 e. The normalized spacial score (nSPS) is 25.0. The number of fused-ring (bicyclic) bond motifs is 1. The van der Waals surface area contributed by atoms with Gasteiger partial charge in [-0.25, -0.2) is 0 Å². The average Bonchev–Trinajstić information content (AvgIpc) is 2.44. The zero-order valence-electron chi connectivity index (χ0n) is 13.0. The molecule has 0 saturated heterocycles. The van der Waals surface area contributed by atoms with E-state index in [1.807, 2.05) is 13.8 Å². The van der Waals surface area contributed by atoms with E-state index in [9.17, 15) is 0 Å². The van der Waals surface area contributed by atoms with E-state index < -0.39 is 0 Å². The minimum atomic E-state index is 0. The summed E-state index contributed by atoms with van der Waals surface area (Å²) in [5.41, 5.74) is 3.23. The summed E-state index contributed by atoms with van der Waals surface area (Å²) in [4.78, 5) is 0. The van der Waals surface area contributed by atoms with Crippen molar-refractivity contribution in [1.29, 1.82) is 0 Å². The third kappa shape index (κ3) is 4.36. The quantitative estimate of drug-likeness (QED) is 0.534. The van der Waals surface area contributed by atoms with Crippen molar-refractivity contribution in [3.8, 4) is 0 Å². The molecule has 1 aromatic rings. The number of hydrogen-bond donors (Lipinski definition) is 0. The molecule has 0 heterocycles. The Morgan fingerprint density at radius 3 is 2.05 bits per heavy atom. The fourth-order valence-electron chi connectivity index (χ4n) is 3.12. The first-order valence-electron chi connectivity index (χ1n) is 7.74. The van der Waals surface area contributed by atoms with E-state index in [1.165, 1.54) is 12.8 Å². The van der Waals surface area contributed by atoms with E-state index in [-0.39, 0.29) is 14.9 Å². The molecular formula is C20H38. The van der Waals surface area contributed by atoms with Crippen LogP contribution in [0, 0.1) is 11.8 Å². The lowest BCUT2D eigenvalue weighted by molar-refractivity contribution is 0.311. The minimum Gasteiger partial charge on any atom is -0.0776 e. The van der Waals surface area contributed by atoms with Crippen molar-refractivity contribution in [1.82, 2.24) is 0 Å². The van der Waals surface area contributed by atoms with Crippen molar-refractivity contribution >= 4 is 0 Å². The maximum absolute atomic E-state index is 2.41. The van der Waals surface area contributed by atoms with Gasteiger partial charge in [0.05, 0.1) is 0 Å². The molecule has 0 N–H and O–H groups in total. The molecular weight excluding hydrogens is 240 g/mol. The lowest BCUT2D eigenvalue weighted by atomic mass is 9.67. The van der Waals surface area contributed by atoms with Gasteiger partial charge in [0.2, 0.25) is 0 Å². The Hall–Kier alpha value is -0.780. The fourth-order valence-corrected chi connectivity index (χ4v) is 3.12. The molecule has 0 saturated carbocycles. The molecule has 0 bridgehead atoms. The maximum atomic E-state index is 2.41. The zero-order valence-corrected chi connectivity index (χ0v) is 13.0. The largest absolute Gasteiger partial charge is 0.0776 e. The van der Waals surface area contributed by atoms with Crippen molar-refractivity contribution in [2.24, 2.45) is 11.8 Å². The summed E-state index contributed by atoms with van der Waals surface area (Å²) in [5, 5.41) is 0. The smallest absolute Gasteiger partial charge is 0.0131 e. The van der Waals surface area contributed by atoms with Gasteiger partial charge in [-0.05, 0) is 41.2 Å². The lowest BCUT2D eigenvalue weighted by Gasteiger charge is -2.37. The zero-order chi connectivity index (χ0) is 13.7.